The molecule has 1 aliphatic heterocycles. The summed E-state index contributed by atoms with van der Waals surface area (Å²) in [5.41, 5.74) is 1.00. The van der Waals surface area contributed by atoms with Gasteiger partial charge < -0.3 is 14.8 Å². The smallest absolute Gasteiger partial charge is 0.184 e. The van der Waals surface area contributed by atoms with Crippen LogP contribution in [0.15, 0.2) is 18.2 Å². The Hall–Kier alpha value is -1.38. The summed E-state index contributed by atoms with van der Waals surface area (Å²) in [6, 6.07) is 5.91. The van der Waals surface area contributed by atoms with Gasteiger partial charge in [-0.3, -0.25) is 0 Å². The molecule has 3 nitrogen and oxygen atoms in total. The van der Waals surface area contributed by atoms with Crippen LogP contribution in [0.5, 0.6) is 11.5 Å². The molecule has 3 rings (SSSR count). The normalized spacial score (nSPS) is 27.8. The molecule has 1 saturated carbocycles. The molecular formula is C10H11NO2. The Morgan fingerprint density at radius 1 is 1.31 bits per heavy atom. The molecular weight excluding hydrogens is 166 g/mol. The summed E-state index contributed by atoms with van der Waals surface area (Å²) >= 11 is 0. The number of ether oxygens (including phenoxy) is 2. The lowest BCUT2D eigenvalue weighted by molar-refractivity contribution is 0.167. The lowest BCUT2D eigenvalue weighted by Crippen LogP contribution is -2.16. The van der Waals surface area contributed by atoms with E-state index in [2.05, 4.69) is 5.32 Å². The monoisotopic (exact) mass is 177 g/mol. The van der Waals surface area contributed by atoms with Crippen molar-refractivity contribution >= 4 is 5.69 Å². The van der Waals surface area contributed by atoms with Crippen LogP contribution < -0.4 is 14.8 Å². The molecule has 2 aliphatic rings. The van der Waals surface area contributed by atoms with Crippen LogP contribution in [0, 0.1) is 0 Å². The molecule has 0 bridgehead atoms. The number of hydrogen-bond acceptors (Lipinski definition) is 3. The molecule has 1 aromatic rings. The lowest BCUT2D eigenvalue weighted by Gasteiger charge is -2.19. The minimum absolute atomic E-state index is 0.294. The molecule has 0 radical (unpaired) electrons. The first-order valence-corrected chi connectivity index (χ1v) is 4.52. The van der Waals surface area contributed by atoms with E-state index in [0.717, 1.165) is 23.6 Å². The van der Waals surface area contributed by atoms with Gasteiger partial charge in [-0.05, 0) is 12.1 Å². The van der Waals surface area contributed by atoms with Gasteiger partial charge in [0.2, 0.25) is 0 Å². The van der Waals surface area contributed by atoms with E-state index in [4.69, 9.17) is 9.47 Å². The molecule has 13 heavy (non-hydrogen) atoms. The molecule has 1 unspecified atom stereocenters. The highest BCUT2D eigenvalue weighted by atomic mass is 16.6. The minimum Gasteiger partial charge on any atom is -0.482 e. The second-order valence-electron chi connectivity index (χ2n) is 3.43. The van der Waals surface area contributed by atoms with Crippen LogP contribution in [0.1, 0.15) is 6.42 Å². The molecule has 1 fully saturated rings. The van der Waals surface area contributed by atoms with Gasteiger partial charge in [-0.2, -0.15) is 0 Å². The van der Waals surface area contributed by atoms with Gasteiger partial charge in [0.1, 0.15) is 12.2 Å². The summed E-state index contributed by atoms with van der Waals surface area (Å²) in [6.45, 7) is 0. The first kappa shape index (κ1) is 7.06. The van der Waals surface area contributed by atoms with Crippen LogP contribution in [0.3, 0.4) is 0 Å². The highest BCUT2D eigenvalue weighted by Gasteiger charge is 2.46. The van der Waals surface area contributed by atoms with Gasteiger partial charge >= 0.3 is 0 Å². The maximum Gasteiger partial charge on any atom is 0.184 e. The van der Waals surface area contributed by atoms with Gasteiger partial charge in [-0.25, -0.2) is 0 Å². The number of nitrogens with one attached hydrogen (secondary N) is 1. The van der Waals surface area contributed by atoms with Gasteiger partial charge in [0.15, 0.2) is 11.5 Å². The fourth-order valence-corrected chi connectivity index (χ4v) is 1.64. The zero-order chi connectivity index (χ0) is 8.84. The Kier molecular flexibility index (Phi) is 1.26. The summed E-state index contributed by atoms with van der Waals surface area (Å²) in [4.78, 5) is 0. The number of para-hydroxylation sites is 1. The number of benzene rings is 1. The molecule has 0 aromatic heterocycles. The van der Waals surface area contributed by atoms with Crippen molar-refractivity contribution in [1.82, 2.24) is 0 Å². The Bertz CT molecular complexity index is 351. The highest BCUT2D eigenvalue weighted by Crippen LogP contribution is 2.46. The van der Waals surface area contributed by atoms with E-state index < -0.39 is 0 Å². The summed E-state index contributed by atoms with van der Waals surface area (Å²) < 4.78 is 11.4. The van der Waals surface area contributed by atoms with Gasteiger partial charge in [-0.15, -0.1) is 0 Å². The number of anilines is 1. The number of fused-ring (bicyclic) bond motifs is 2. The number of hydrogen-bond donors (Lipinski definition) is 1. The molecule has 1 N–H and O–H groups in total. The van der Waals surface area contributed by atoms with Crippen molar-refractivity contribution in [2.75, 3.05) is 12.4 Å². The zero-order valence-electron chi connectivity index (χ0n) is 7.41. The van der Waals surface area contributed by atoms with Crippen LogP contribution in [0.2, 0.25) is 0 Å². The third-order valence-electron chi connectivity index (χ3n) is 2.47. The molecule has 0 amide bonds. The van der Waals surface area contributed by atoms with Crippen LogP contribution in [0.4, 0.5) is 5.69 Å². The maximum atomic E-state index is 5.74. The molecule has 3 heteroatoms. The van der Waals surface area contributed by atoms with Crippen LogP contribution >= 0.6 is 0 Å². The van der Waals surface area contributed by atoms with Crippen molar-refractivity contribution in [3.8, 4) is 11.5 Å². The maximum absolute atomic E-state index is 5.74. The summed E-state index contributed by atoms with van der Waals surface area (Å²) in [7, 11) is 1.89. The summed E-state index contributed by atoms with van der Waals surface area (Å²) in [5.74, 6) is 1.73. The van der Waals surface area contributed by atoms with E-state index in [9.17, 15) is 0 Å². The summed E-state index contributed by atoms with van der Waals surface area (Å²) in [6.07, 6.45) is 1.62. The third-order valence-corrected chi connectivity index (χ3v) is 2.47. The van der Waals surface area contributed by atoms with E-state index >= 15 is 0 Å². The predicted molar refractivity (Wildman–Crippen MR) is 49.4 cm³/mol. The fourth-order valence-electron chi connectivity index (χ4n) is 1.64. The van der Waals surface area contributed by atoms with Crippen molar-refractivity contribution in [1.29, 1.82) is 0 Å². The van der Waals surface area contributed by atoms with Crippen LogP contribution in [-0.4, -0.2) is 19.3 Å². The van der Waals surface area contributed by atoms with Crippen molar-refractivity contribution in [3.05, 3.63) is 18.2 Å². The van der Waals surface area contributed by atoms with E-state index in [0.29, 0.717) is 12.2 Å². The Labute approximate surface area is 76.7 Å². The molecule has 1 aromatic carbocycles. The summed E-state index contributed by atoms with van der Waals surface area (Å²) in [5, 5.41) is 3.09. The van der Waals surface area contributed by atoms with Gasteiger partial charge in [-0.1, -0.05) is 6.07 Å². The van der Waals surface area contributed by atoms with E-state index in [1.807, 2.05) is 25.2 Å². The zero-order valence-corrected chi connectivity index (χ0v) is 7.41. The molecule has 0 saturated heterocycles. The predicted octanol–water partition coefficient (Wildman–Crippen LogP) is 1.64. The Morgan fingerprint density at radius 3 is 3.00 bits per heavy atom. The molecule has 1 aliphatic carbocycles. The Morgan fingerprint density at radius 2 is 2.15 bits per heavy atom. The largest absolute Gasteiger partial charge is 0.482 e. The fraction of sp³-hybridized carbons (Fsp3) is 0.400. The van der Waals surface area contributed by atoms with E-state index in [-0.39, 0.29) is 0 Å². The van der Waals surface area contributed by atoms with E-state index in [1.165, 1.54) is 0 Å². The quantitative estimate of drug-likeness (QED) is 0.707. The lowest BCUT2D eigenvalue weighted by atomic mass is 10.2. The minimum atomic E-state index is 0.294. The highest BCUT2D eigenvalue weighted by molar-refractivity contribution is 5.64. The first-order valence-electron chi connectivity index (χ1n) is 4.52. The Balaban J connectivity index is 2.07. The molecule has 0 spiro atoms. The average molecular weight is 177 g/mol. The molecule has 68 valence electrons. The molecule has 1 heterocycles. The van der Waals surface area contributed by atoms with Crippen molar-refractivity contribution in [3.63, 3.8) is 0 Å². The van der Waals surface area contributed by atoms with Crippen molar-refractivity contribution in [2.24, 2.45) is 0 Å². The topological polar surface area (TPSA) is 30.5 Å². The second kappa shape index (κ2) is 2.31. The SMILES string of the molecule is CNc1cccc2c1OC1C[C@H]1O2. The van der Waals surface area contributed by atoms with Crippen molar-refractivity contribution < 1.29 is 9.47 Å². The van der Waals surface area contributed by atoms with Crippen LogP contribution in [0.25, 0.3) is 0 Å². The van der Waals surface area contributed by atoms with Crippen LogP contribution in [-0.2, 0) is 0 Å². The van der Waals surface area contributed by atoms with Crippen molar-refractivity contribution in [2.45, 2.75) is 18.6 Å². The first-order chi connectivity index (χ1) is 6.38. The van der Waals surface area contributed by atoms with Gasteiger partial charge in [0.25, 0.3) is 0 Å². The standard InChI is InChI=1S/C10H11NO2/c1-11-6-3-2-4-7-10(6)13-9-5-8(9)12-7/h2-4,8-9,11H,5H2,1H3/t8-,9?/m1/s1. The molecule has 2 atom stereocenters. The average Bonchev–Trinajstić information content (AvgIpc) is 2.91. The van der Waals surface area contributed by atoms with Gasteiger partial charge in [0, 0.05) is 13.5 Å². The third kappa shape index (κ3) is 0.963. The van der Waals surface area contributed by atoms with Gasteiger partial charge in [0.05, 0.1) is 5.69 Å². The van der Waals surface area contributed by atoms with E-state index in [1.54, 1.807) is 0 Å². The number of rotatable bonds is 1. The second-order valence-corrected chi connectivity index (χ2v) is 3.43.